The first kappa shape index (κ1) is 21.5. The molecule has 0 bridgehead atoms. The number of nitrogens with one attached hydrogen (secondary N) is 2. The van der Waals surface area contributed by atoms with Gasteiger partial charge in [-0.15, -0.1) is 0 Å². The predicted molar refractivity (Wildman–Crippen MR) is 129 cm³/mol. The lowest BCUT2D eigenvalue weighted by Gasteiger charge is -2.16. The first-order valence-electron chi connectivity index (χ1n) is 11.7. The van der Waals surface area contributed by atoms with E-state index >= 15 is 0 Å². The summed E-state index contributed by atoms with van der Waals surface area (Å²) in [6.07, 6.45) is 5.59. The average molecular weight is 444 g/mol. The maximum atomic E-state index is 12.8. The molecule has 2 aliphatic rings. The molecule has 1 saturated heterocycles. The molecule has 1 unspecified atom stereocenters. The van der Waals surface area contributed by atoms with Crippen LogP contribution in [0.5, 0.6) is 5.75 Å². The number of phenolic OH excluding ortho intramolecular Hbond substituents is 1. The number of benzene rings is 2. The summed E-state index contributed by atoms with van der Waals surface area (Å²) in [5.41, 5.74) is 4.03. The second kappa shape index (κ2) is 9.24. The molecule has 33 heavy (non-hydrogen) atoms. The van der Waals surface area contributed by atoms with Gasteiger partial charge < -0.3 is 20.3 Å². The van der Waals surface area contributed by atoms with Gasteiger partial charge in [0.25, 0.3) is 5.56 Å². The van der Waals surface area contributed by atoms with Gasteiger partial charge in [-0.05, 0) is 80.0 Å². The standard InChI is InChI=1S/C27H29N3O3/c31-24-13-6-19(7-14-24)17-22-11-10-21(28-22)16-18-4-8-20(9-5-18)29-27(33)25-15-12-23-2-1-3-26(32)30(23)25/h1-9,13-14,21-22,25,28,31H,10-12,15-17H2,(H,29,33)/t21-,22+,25?/m0/s1. The van der Waals surface area contributed by atoms with Crippen LogP contribution in [-0.2, 0) is 24.1 Å². The summed E-state index contributed by atoms with van der Waals surface area (Å²) in [5, 5.41) is 16.2. The summed E-state index contributed by atoms with van der Waals surface area (Å²) in [6.45, 7) is 0. The Balaban J connectivity index is 1.14. The molecule has 0 aliphatic carbocycles. The Morgan fingerprint density at radius 1 is 0.909 bits per heavy atom. The van der Waals surface area contributed by atoms with Gasteiger partial charge in [-0.2, -0.15) is 0 Å². The van der Waals surface area contributed by atoms with Crippen molar-refractivity contribution < 1.29 is 9.90 Å². The fourth-order valence-corrected chi connectivity index (χ4v) is 5.14. The SMILES string of the molecule is O=C(Nc1ccc(C[C@@H]2CC[C@H](Cc3ccc(O)cc3)N2)cc1)C1CCc2cccc(=O)n21. The average Bonchev–Trinajstić information content (AvgIpc) is 3.44. The van der Waals surface area contributed by atoms with E-state index in [1.807, 2.05) is 30.3 Å². The Bertz CT molecular complexity index is 1180. The third-order valence-electron chi connectivity index (χ3n) is 6.82. The number of pyridine rings is 1. The van der Waals surface area contributed by atoms with Gasteiger partial charge in [0.1, 0.15) is 11.8 Å². The maximum absolute atomic E-state index is 12.8. The number of anilines is 1. The molecule has 2 aliphatic heterocycles. The molecule has 0 spiro atoms. The van der Waals surface area contributed by atoms with Gasteiger partial charge in [-0.1, -0.05) is 30.3 Å². The van der Waals surface area contributed by atoms with Crippen molar-refractivity contribution in [3.05, 3.63) is 93.9 Å². The van der Waals surface area contributed by atoms with Gasteiger partial charge in [-0.25, -0.2) is 0 Å². The molecule has 6 heteroatoms. The Labute approximate surface area is 193 Å². The molecule has 0 radical (unpaired) electrons. The second-order valence-corrected chi connectivity index (χ2v) is 9.18. The number of carbonyl (C=O) groups is 1. The van der Waals surface area contributed by atoms with Gasteiger partial charge in [-0.3, -0.25) is 9.59 Å². The number of aromatic nitrogens is 1. The normalized spacial score (nSPS) is 21.6. The smallest absolute Gasteiger partial charge is 0.251 e. The molecule has 6 nitrogen and oxygen atoms in total. The number of carbonyl (C=O) groups excluding carboxylic acids is 1. The maximum Gasteiger partial charge on any atom is 0.251 e. The van der Waals surface area contributed by atoms with Crippen molar-refractivity contribution in [3.8, 4) is 5.75 Å². The van der Waals surface area contributed by atoms with Gasteiger partial charge >= 0.3 is 0 Å². The quantitative estimate of drug-likeness (QED) is 0.544. The number of rotatable bonds is 6. The zero-order chi connectivity index (χ0) is 22.8. The summed E-state index contributed by atoms with van der Waals surface area (Å²) in [5.74, 6) is 0.168. The first-order chi connectivity index (χ1) is 16.0. The summed E-state index contributed by atoms with van der Waals surface area (Å²) < 4.78 is 1.62. The lowest BCUT2D eigenvalue weighted by molar-refractivity contribution is -0.119. The van der Waals surface area contributed by atoms with Crippen LogP contribution in [0, 0.1) is 0 Å². The van der Waals surface area contributed by atoms with Crippen LogP contribution < -0.4 is 16.2 Å². The molecule has 3 aromatic rings. The third kappa shape index (κ3) is 4.86. The largest absolute Gasteiger partial charge is 0.508 e. The second-order valence-electron chi connectivity index (χ2n) is 9.18. The molecule has 0 saturated carbocycles. The van der Waals surface area contributed by atoms with Crippen molar-refractivity contribution in [3.63, 3.8) is 0 Å². The van der Waals surface area contributed by atoms with Crippen molar-refractivity contribution in [1.29, 1.82) is 0 Å². The van der Waals surface area contributed by atoms with Crippen LogP contribution in [0.2, 0.25) is 0 Å². The minimum absolute atomic E-state index is 0.117. The van der Waals surface area contributed by atoms with Gasteiger partial charge in [0.2, 0.25) is 5.91 Å². The van der Waals surface area contributed by atoms with Crippen LogP contribution in [-0.4, -0.2) is 27.7 Å². The van der Waals surface area contributed by atoms with E-state index in [0.29, 0.717) is 24.3 Å². The van der Waals surface area contributed by atoms with E-state index in [9.17, 15) is 14.7 Å². The number of phenols is 1. The van der Waals surface area contributed by atoms with Crippen LogP contribution in [0.3, 0.4) is 0 Å². The van der Waals surface area contributed by atoms with Gasteiger partial charge in [0, 0.05) is 29.5 Å². The number of fused-ring (bicyclic) bond motifs is 1. The highest BCUT2D eigenvalue weighted by atomic mass is 16.3. The topological polar surface area (TPSA) is 83.4 Å². The lowest BCUT2D eigenvalue weighted by atomic mass is 10.0. The van der Waals surface area contributed by atoms with E-state index in [0.717, 1.165) is 43.5 Å². The van der Waals surface area contributed by atoms with Crippen LogP contribution in [0.1, 0.15) is 42.1 Å². The van der Waals surface area contributed by atoms with E-state index in [4.69, 9.17) is 0 Å². The van der Waals surface area contributed by atoms with Gasteiger partial charge in [0.05, 0.1) is 0 Å². The van der Waals surface area contributed by atoms with Crippen molar-refractivity contribution >= 4 is 11.6 Å². The molecule has 170 valence electrons. The zero-order valence-corrected chi connectivity index (χ0v) is 18.5. The van der Waals surface area contributed by atoms with Crippen LogP contribution >= 0.6 is 0 Å². The predicted octanol–water partition coefficient (Wildman–Crippen LogP) is 3.59. The van der Waals surface area contributed by atoms with Crippen molar-refractivity contribution in [2.45, 2.75) is 56.7 Å². The summed E-state index contributed by atoms with van der Waals surface area (Å²) in [6, 6.07) is 21.1. The Morgan fingerprint density at radius 2 is 1.55 bits per heavy atom. The highest BCUT2D eigenvalue weighted by Gasteiger charge is 2.29. The summed E-state index contributed by atoms with van der Waals surface area (Å²) >= 11 is 0. The zero-order valence-electron chi connectivity index (χ0n) is 18.5. The Morgan fingerprint density at radius 3 is 2.21 bits per heavy atom. The van der Waals surface area contributed by atoms with E-state index in [2.05, 4.69) is 22.8 Å². The number of aromatic hydroxyl groups is 1. The molecular formula is C27H29N3O3. The van der Waals surface area contributed by atoms with Crippen LogP contribution in [0.15, 0.2) is 71.5 Å². The fraction of sp³-hybridized carbons (Fsp3) is 0.333. The molecule has 2 aromatic carbocycles. The summed E-state index contributed by atoms with van der Waals surface area (Å²) in [4.78, 5) is 25.0. The minimum Gasteiger partial charge on any atom is -0.508 e. The number of aryl methyl sites for hydroxylation is 1. The van der Waals surface area contributed by atoms with Crippen molar-refractivity contribution in [2.24, 2.45) is 0 Å². The minimum atomic E-state index is -0.443. The molecule has 3 heterocycles. The molecule has 1 fully saturated rings. The summed E-state index contributed by atoms with van der Waals surface area (Å²) in [7, 11) is 0. The van der Waals surface area contributed by atoms with Crippen molar-refractivity contribution in [1.82, 2.24) is 9.88 Å². The van der Waals surface area contributed by atoms with Crippen LogP contribution in [0.4, 0.5) is 5.69 Å². The Hall–Kier alpha value is -3.38. The molecular weight excluding hydrogens is 414 g/mol. The first-order valence-corrected chi connectivity index (χ1v) is 11.7. The number of hydrogen-bond donors (Lipinski definition) is 3. The molecule has 3 N–H and O–H groups in total. The fourth-order valence-electron chi connectivity index (χ4n) is 5.14. The van der Waals surface area contributed by atoms with E-state index in [1.54, 1.807) is 22.8 Å². The van der Waals surface area contributed by atoms with Crippen LogP contribution in [0.25, 0.3) is 0 Å². The molecule has 5 rings (SSSR count). The monoisotopic (exact) mass is 443 g/mol. The highest BCUT2D eigenvalue weighted by Crippen LogP contribution is 2.25. The highest BCUT2D eigenvalue weighted by molar-refractivity contribution is 5.94. The molecule has 1 amide bonds. The van der Waals surface area contributed by atoms with Gasteiger partial charge in [0.15, 0.2) is 0 Å². The molecule has 3 atom stereocenters. The number of amides is 1. The number of hydrogen-bond acceptors (Lipinski definition) is 4. The number of nitrogens with zero attached hydrogens (tertiary/aromatic N) is 1. The molecule has 1 aromatic heterocycles. The third-order valence-corrected chi connectivity index (χ3v) is 6.82. The van der Waals surface area contributed by atoms with E-state index in [-0.39, 0.29) is 11.5 Å². The van der Waals surface area contributed by atoms with Crippen molar-refractivity contribution in [2.75, 3.05) is 5.32 Å². The Kier molecular flexibility index (Phi) is 6.01. The lowest BCUT2D eigenvalue weighted by Crippen LogP contribution is -2.32. The van der Waals surface area contributed by atoms with E-state index < -0.39 is 6.04 Å². The van der Waals surface area contributed by atoms with E-state index in [1.165, 1.54) is 17.2 Å².